The molecule has 3 aromatic carbocycles. The molecule has 214 valence electrons. The molecule has 1 atom stereocenters. The van der Waals surface area contributed by atoms with Gasteiger partial charge in [-0.3, -0.25) is 4.79 Å². The maximum atomic E-state index is 15.8. The third-order valence-electron chi connectivity index (χ3n) is 5.70. The van der Waals surface area contributed by atoms with Crippen molar-refractivity contribution >= 4 is 17.7 Å². The van der Waals surface area contributed by atoms with E-state index in [-0.39, 0.29) is 24.2 Å². The van der Waals surface area contributed by atoms with Crippen molar-refractivity contribution in [2.24, 2.45) is 0 Å². The summed E-state index contributed by atoms with van der Waals surface area (Å²) in [6.45, 7) is 6.16. The van der Waals surface area contributed by atoms with Crippen molar-refractivity contribution in [2.45, 2.75) is 58.8 Å². The number of carboxylic acids is 1. The van der Waals surface area contributed by atoms with Crippen LogP contribution >= 0.6 is 0 Å². The van der Waals surface area contributed by atoms with Gasteiger partial charge in [0, 0.05) is 22.4 Å². The van der Waals surface area contributed by atoms with Crippen molar-refractivity contribution < 1.29 is 37.3 Å². The third-order valence-corrected chi connectivity index (χ3v) is 5.70. The molecule has 0 aliphatic carbocycles. The average molecular weight is 559 g/mol. The third kappa shape index (κ3) is 8.93. The van der Waals surface area contributed by atoms with E-state index >= 15 is 4.39 Å². The summed E-state index contributed by atoms with van der Waals surface area (Å²) in [6, 6.07) is 15.5. The zero-order chi connectivity index (χ0) is 29.4. The van der Waals surface area contributed by atoms with E-state index in [1.165, 1.54) is 0 Å². The molecule has 0 heterocycles. The summed E-state index contributed by atoms with van der Waals surface area (Å²) in [4.78, 5) is 23.4. The number of para-hydroxylation sites is 1. The van der Waals surface area contributed by atoms with Crippen molar-refractivity contribution in [2.75, 3.05) is 11.9 Å². The van der Waals surface area contributed by atoms with Gasteiger partial charge in [0.2, 0.25) is 0 Å². The van der Waals surface area contributed by atoms with Crippen LogP contribution in [0.2, 0.25) is 0 Å². The van der Waals surface area contributed by atoms with E-state index in [9.17, 15) is 23.5 Å². The molecular weight excluding hydrogens is 525 g/mol. The summed E-state index contributed by atoms with van der Waals surface area (Å²) in [5, 5.41) is 14.5. The number of halogens is 3. The van der Waals surface area contributed by atoms with Gasteiger partial charge < -0.3 is 25.2 Å². The molecular formula is C30H33F3N2O5. The van der Waals surface area contributed by atoms with E-state index in [1.807, 2.05) is 0 Å². The molecule has 0 radical (unpaired) electrons. The second kappa shape index (κ2) is 13.2. The monoisotopic (exact) mass is 558 g/mol. The highest BCUT2D eigenvalue weighted by Crippen LogP contribution is 2.32. The molecule has 0 saturated carbocycles. The van der Waals surface area contributed by atoms with Crippen LogP contribution in [0, 0.1) is 5.82 Å². The quantitative estimate of drug-likeness (QED) is 0.235. The Balaban J connectivity index is 1.92. The first-order chi connectivity index (χ1) is 18.8. The number of anilines is 1. The average Bonchev–Trinajstić information content (AvgIpc) is 2.85. The fourth-order valence-electron chi connectivity index (χ4n) is 4.01. The second-order valence-electron chi connectivity index (χ2n) is 10.2. The number of rotatable bonds is 11. The number of carbonyl (C=O) groups excluding carboxylic acids is 1. The smallest absolute Gasteiger partial charge is 0.408 e. The zero-order valence-electron chi connectivity index (χ0n) is 22.8. The lowest BCUT2D eigenvalue weighted by atomic mass is 9.97. The summed E-state index contributed by atoms with van der Waals surface area (Å²) >= 11 is 0. The van der Waals surface area contributed by atoms with E-state index in [0.717, 1.165) is 0 Å². The number of carbonyl (C=O) groups is 2. The first-order valence-corrected chi connectivity index (χ1v) is 12.7. The molecule has 10 heteroatoms. The number of hydrogen-bond donors (Lipinski definition) is 3. The maximum absolute atomic E-state index is 15.8. The Morgan fingerprint density at radius 1 is 1.02 bits per heavy atom. The summed E-state index contributed by atoms with van der Waals surface area (Å²) in [6.07, 6.45) is -3.53. The first kappa shape index (κ1) is 30.3. The van der Waals surface area contributed by atoms with E-state index in [4.69, 9.17) is 9.47 Å². The molecule has 3 aromatic rings. The fourth-order valence-corrected chi connectivity index (χ4v) is 4.01. The molecule has 0 spiro atoms. The number of alkyl halides is 2. The minimum atomic E-state index is -2.61. The van der Waals surface area contributed by atoms with Crippen molar-refractivity contribution in [1.29, 1.82) is 0 Å². The number of aliphatic carboxylic acids is 1. The Hall–Kier alpha value is -4.21. The zero-order valence-corrected chi connectivity index (χ0v) is 22.8. The number of amides is 1. The fraction of sp³-hybridized carbons (Fsp3) is 0.333. The van der Waals surface area contributed by atoms with E-state index in [1.54, 1.807) is 88.4 Å². The SMILES string of the molecule is CC(NC(=O)OC(C)(C)C)c1cccc(-c2cc(COc3ccccc3CC(=O)O)cc(NCC(F)F)c2)c1F. The molecule has 3 rings (SSSR count). The van der Waals surface area contributed by atoms with Gasteiger partial charge in [0.25, 0.3) is 6.43 Å². The molecule has 0 aliphatic rings. The van der Waals surface area contributed by atoms with Crippen LogP contribution in [0.15, 0.2) is 60.7 Å². The Kier molecular flexibility index (Phi) is 10.0. The van der Waals surface area contributed by atoms with Crippen LogP contribution in [-0.4, -0.2) is 35.7 Å². The van der Waals surface area contributed by atoms with Crippen LogP contribution in [0.4, 0.5) is 23.7 Å². The van der Waals surface area contributed by atoms with Crippen LogP contribution in [0.3, 0.4) is 0 Å². The Labute approximate surface area is 231 Å². The van der Waals surface area contributed by atoms with E-state index < -0.39 is 42.5 Å². The van der Waals surface area contributed by atoms with Gasteiger partial charge in [-0.2, -0.15) is 0 Å². The summed E-state index contributed by atoms with van der Waals surface area (Å²) < 4.78 is 52.8. The Bertz CT molecular complexity index is 1340. The number of benzene rings is 3. The van der Waals surface area contributed by atoms with E-state index in [2.05, 4.69) is 10.6 Å². The van der Waals surface area contributed by atoms with Crippen LogP contribution in [0.25, 0.3) is 11.1 Å². The largest absolute Gasteiger partial charge is 0.489 e. The van der Waals surface area contributed by atoms with Crippen molar-refractivity contribution in [3.63, 3.8) is 0 Å². The molecule has 3 N–H and O–H groups in total. The van der Waals surface area contributed by atoms with Gasteiger partial charge in [-0.1, -0.05) is 36.4 Å². The molecule has 0 saturated heterocycles. The minimum absolute atomic E-state index is 0.0221. The number of nitrogens with one attached hydrogen (secondary N) is 2. The maximum Gasteiger partial charge on any atom is 0.408 e. The normalized spacial score (nSPS) is 12.1. The Morgan fingerprint density at radius 2 is 1.75 bits per heavy atom. The molecule has 1 unspecified atom stereocenters. The summed E-state index contributed by atoms with van der Waals surface area (Å²) in [5.74, 6) is -1.23. The number of ether oxygens (including phenoxy) is 2. The van der Waals surface area contributed by atoms with Gasteiger partial charge in [-0.25, -0.2) is 18.0 Å². The topological polar surface area (TPSA) is 96.9 Å². The number of alkyl carbamates (subject to hydrolysis) is 1. The highest BCUT2D eigenvalue weighted by Gasteiger charge is 2.21. The lowest BCUT2D eigenvalue weighted by Gasteiger charge is -2.22. The van der Waals surface area contributed by atoms with Gasteiger partial charge in [-0.15, -0.1) is 0 Å². The van der Waals surface area contributed by atoms with Gasteiger partial charge in [0.05, 0.1) is 19.0 Å². The molecule has 0 aliphatic heterocycles. The second-order valence-corrected chi connectivity index (χ2v) is 10.2. The first-order valence-electron chi connectivity index (χ1n) is 12.7. The summed E-state index contributed by atoms with van der Waals surface area (Å²) in [5.41, 5.74) is 1.46. The predicted molar refractivity (Wildman–Crippen MR) is 146 cm³/mol. The van der Waals surface area contributed by atoms with Crippen LogP contribution in [0.5, 0.6) is 5.75 Å². The lowest BCUT2D eigenvalue weighted by Crippen LogP contribution is -2.34. The highest BCUT2D eigenvalue weighted by atomic mass is 19.3. The standard InChI is InChI=1S/C30H33F3N2O5/c1-18(35-29(38)40-30(2,3)4)23-9-7-10-24(28(23)33)21-12-19(13-22(14-21)34-16-26(31)32)17-39-25-11-6-5-8-20(25)15-27(36)37/h5-14,18,26,34H,15-17H2,1-4H3,(H,35,38)(H,36,37). The van der Waals surface area contributed by atoms with Crippen molar-refractivity contribution in [3.05, 3.63) is 83.2 Å². The predicted octanol–water partition coefficient (Wildman–Crippen LogP) is 6.96. The summed E-state index contributed by atoms with van der Waals surface area (Å²) in [7, 11) is 0. The van der Waals surface area contributed by atoms with E-state index in [0.29, 0.717) is 28.1 Å². The molecule has 0 bridgehead atoms. The Morgan fingerprint density at radius 3 is 2.42 bits per heavy atom. The van der Waals surface area contributed by atoms with Gasteiger partial charge in [0.1, 0.15) is 23.8 Å². The molecule has 0 aromatic heterocycles. The number of carboxylic acid groups (broad SMARTS) is 1. The van der Waals surface area contributed by atoms with Crippen LogP contribution in [-0.2, 0) is 22.6 Å². The minimum Gasteiger partial charge on any atom is -0.489 e. The molecule has 7 nitrogen and oxygen atoms in total. The van der Waals surface area contributed by atoms with Gasteiger partial charge >= 0.3 is 12.1 Å². The molecule has 0 fully saturated rings. The molecule has 1 amide bonds. The van der Waals surface area contributed by atoms with Crippen molar-refractivity contribution in [3.8, 4) is 16.9 Å². The van der Waals surface area contributed by atoms with Gasteiger partial charge in [-0.05, 0) is 63.1 Å². The highest BCUT2D eigenvalue weighted by molar-refractivity contribution is 5.72. The van der Waals surface area contributed by atoms with Crippen molar-refractivity contribution in [1.82, 2.24) is 5.32 Å². The van der Waals surface area contributed by atoms with Crippen LogP contribution < -0.4 is 15.4 Å². The molecule has 40 heavy (non-hydrogen) atoms. The van der Waals surface area contributed by atoms with Crippen LogP contribution in [0.1, 0.15) is 50.4 Å². The lowest BCUT2D eigenvalue weighted by molar-refractivity contribution is -0.136. The van der Waals surface area contributed by atoms with Gasteiger partial charge in [0.15, 0.2) is 0 Å². The number of hydrogen-bond acceptors (Lipinski definition) is 5.